The summed E-state index contributed by atoms with van der Waals surface area (Å²) in [6.07, 6.45) is 1.75. The Morgan fingerprint density at radius 1 is 1.54 bits per heavy atom. The van der Waals surface area contributed by atoms with E-state index < -0.39 is 22.3 Å². The molecule has 0 atom stereocenters. The third kappa shape index (κ3) is 3.46. The number of benzene rings is 1. The zero-order valence-electron chi connectivity index (χ0n) is 12.8. The van der Waals surface area contributed by atoms with Gasteiger partial charge in [0, 0.05) is 6.07 Å². The van der Waals surface area contributed by atoms with Crippen LogP contribution >= 0.6 is 0 Å². The van der Waals surface area contributed by atoms with E-state index in [9.17, 15) is 24.6 Å². The van der Waals surface area contributed by atoms with Gasteiger partial charge in [-0.25, -0.2) is 0 Å². The molecule has 9 nitrogen and oxygen atoms in total. The van der Waals surface area contributed by atoms with Crippen LogP contribution in [-0.4, -0.2) is 27.6 Å². The number of H-pyrrole nitrogens is 1. The third-order valence-electron chi connectivity index (χ3n) is 3.25. The minimum atomic E-state index is -1.02. The molecular weight excluding hydrogens is 319 g/mol. The summed E-state index contributed by atoms with van der Waals surface area (Å²) in [5.41, 5.74) is 1.02. The SMILES string of the molecule is Cc1n[nH]c(C)c1NC(=O)CN(C#N)c1ccc(F)c([N+](=O)[O-])c1. The predicted octanol–water partition coefficient (Wildman–Crippen LogP) is 2.00. The van der Waals surface area contributed by atoms with Gasteiger partial charge in [0.2, 0.25) is 11.7 Å². The minimum Gasteiger partial charge on any atom is -0.321 e. The number of carbonyl (C=O) groups excluding carboxylic acids is 1. The molecular formula is C14H13FN6O3. The Hall–Kier alpha value is -3.48. The van der Waals surface area contributed by atoms with Gasteiger partial charge < -0.3 is 5.32 Å². The number of halogens is 1. The van der Waals surface area contributed by atoms with E-state index in [0.29, 0.717) is 17.1 Å². The van der Waals surface area contributed by atoms with Crippen molar-refractivity contribution in [3.63, 3.8) is 0 Å². The lowest BCUT2D eigenvalue weighted by Crippen LogP contribution is -2.30. The molecule has 0 aliphatic carbocycles. The number of nitriles is 1. The maximum Gasteiger partial charge on any atom is 0.306 e. The van der Waals surface area contributed by atoms with E-state index in [1.165, 1.54) is 6.07 Å². The normalized spacial score (nSPS) is 10.1. The number of amides is 1. The Bertz CT molecular complexity index is 822. The number of rotatable bonds is 5. The molecule has 0 aliphatic heterocycles. The Morgan fingerprint density at radius 3 is 2.79 bits per heavy atom. The summed E-state index contributed by atoms with van der Waals surface area (Å²) in [5, 5.41) is 29.2. The second-order valence-corrected chi connectivity index (χ2v) is 4.94. The molecule has 0 unspecified atom stereocenters. The van der Waals surface area contributed by atoms with Gasteiger partial charge in [0.15, 0.2) is 6.19 Å². The lowest BCUT2D eigenvalue weighted by molar-refractivity contribution is -0.387. The van der Waals surface area contributed by atoms with Gasteiger partial charge in [-0.2, -0.15) is 14.8 Å². The molecule has 1 aromatic carbocycles. The molecule has 1 amide bonds. The highest BCUT2D eigenvalue weighted by Gasteiger charge is 2.19. The maximum absolute atomic E-state index is 13.4. The molecule has 0 aliphatic rings. The molecule has 2 rings (SSSR count). The number of nitro groups is 1. The Labute approximate surface area is 135 Å². The van der Waals surface area contributed by atoms with Crippen LogP contribution in [0.4, 0.5) is 21.5 Å². The number of nitrogens with zero attached hydrogens (tertiary/aromatic N) is 4. The van der Waals surface area contributed by atoms with E-state index in [1.54, 1.807) is 20.0 Å². The highest BCUT2D eigenvalue weighted by atomic mass is 19.1. The topological polar surface area (TPSA) is 128 Å². The molecule has 10 heteroatoms. The molecule has 0 radical (unpaired) electrons. The van der Waals surface area contributed by atoms with E-state index in [0.717, 1.165) is 17.0 Å². The first kappa shape index (κ1) is 16.9. The molecule has 1 aromatic heterocycles. The number of hydrogen-bond acceptors (Lipinski definition) is 6. The molecule has 124 valence electrons. The van der Waals surface area contributed by atoms with Gasteiger partial charge in [-0.3, -0.25) is 24.9 Å². The fraction of sp³-hybridized carbons (Fsp3) is 0.214. The number of aryl methyl sites for hydroxylation is 2. The van der Waals surface area contributed by atoms with Crippen LogP contribution in [0.2, 0.25) is 0 Å². The van der Waals surface area contributed by atoms with Crippen LogP contribution < -0.4 is 10.2 Å². The molecule has 0 spiro atoms. The monoisotopic (exact) mass is 332 g/mol. The van der Waals surface area contributed by atoms with Gasteiger partial charge in [0.1, 0.15) is 6.54 Å². The molecule has 2 aromatic rings. The average Bonchev–Trinajstić information content (AvgIpc) is 2.85. The third-order valence-corrected chi connectivity index (χ3v) is 3.25. The van der Waals surface area contributed by atoms with Crippen molar-refractivity contribution in [1.82, 2.24) is 10.2 Å². The molecule has 24 heavy (non-hydrogen) atoms. The van der Waals surface area contributed by atoms with Crippen molar-refractivity contribution >= 4 is 23.0 Å². The summed E-state index contributed by atoms with van der Waals surface area (Å²) in [6, 6.07) is 2.97. The number of anilines is 2. The predicted molar refractivity (Wildman–Crippen MR) is 82.7 cm³/mol. The zero-order chi connectivity index (χ0) is 17.9. The van der Waals surface area contributed by atoms with E-state index in [2.05, 4.69) is 15.5 Å². The van der Waals surface area contributed by atoms with Gasteiger partial charge in [0.25, 0.3) is 0 Å². The Balaban J connectivity index is 2.18. The van der Waals surface area contributed by atoms with Gasteiger partial charge in [0.05, 0.1) is 27.7 Å². The van der Waals surface area contributed by atoms with Crippen molar-refractivity contribution in [2.24, 2.45) is 0 Å². The standard InChI is InChI=1S/C14H13FN6O3/c1-8-14(9(2)19-18-8)17-13(22)6-20(7-16)10-3-4-11(15)12(5-10)21(23)24/h3-5H,6H2,1-2H3,(H,17,22)(H,18,19). The molecule has 0 bridgehead atoms. The summed E-state index contributed by atoms with van der Waals surface area (Å²) < 4.78 is 13.4. The molecule has 0 saturated heterocycles. The second kappa shape index (κ2) is 6.74. The zero-order valence-corrected chi connectivity index (χ0v) is 12.8. The number of aromatic nitrogens is 2. The lowest BCUT2D eigenvalue weighted by Gasteiger charge is -2.15. The fourth-order valence-electron chi connectivity index (χ4n) is 2.05. The number of nitro benzene ring substituents is 1. The first-order valence-corrected chi connectivity index (χ1v) is 6.76. The number of hydrogen-bond donors (Lipinski definition) is 2. The summed E-state index contributed by atoms with van der Waals surface area (Å²) >= 11 is 0. The molecule has 0 fully saturated rings. The quantitative estimate of drug-likeness (QED) is 0.373. The van der Waals surface area contributed by atoms with Gasteiger partial charge in [-0.05, 0) is 26.0 Å². The van der Waals surface area contributed by atoms with Gasteiger partial charge in [-0.15, -0.1) is 0 Å². The summed E-state index contributed by atoms with van der Waals surface area (Å²) in [6.45, 7) is 3.04. The van der Waals surface area contributed by atoms with Crippen LogP contribution in [0.25, 0.3) is 0 Å². The fourth-order valence-corrected chi connectivity index (χ4v) is 2.05. The van der Waals surface area contributed by atoms with Crippen molar-refractivity contribution in [2.45, 2.75) is 13.8 Å². The van der Waals surface area contributed by atoms with Crippen LogP contribution in [0.5, 0.6) is 0 Å². The maximum atomic E-state index is 13.4. The highest BCUT2D eigenvalue weighted by molar-refractivity contribution is 5.95. The van der Waals surface area contributed by atoms with Crippen LogP contribution in [0.1, 0.15) is 11.4 Å². The van der Waals surface area contributed by atoms with Crippen LogP contribution in [-0.2, 0) is 4.79 Å². The van der Waals surface area contributed by atoms with Crippen LogP contribution in [0, 0.1) is 41.2 Å². The van der Waals surface area contributed by atoms with Crippen molar-refractivity contribution in [3.8, 4) is 6.19 Å². The largest absolute Gasteiger partial charge is 0.321 e. The van der Waals surface area contributed by atoms with E-state index in [1.807, 2.05) is 0 Å². The summed E-state index contributed by atoms with van der Waals surface area (Å²) in [5.74, 6) is -1.54. The van der Waals surface area contributed by atoms with Crippen LogP contribution in [0.3, 0.4) is 0 Å². The Kier molecular flexibility index (Phi) is 4.74. The van der Waals surface area contributed by atoms with Gasteiger partial charge >= 0.3 is 5.69 Å². The molecule has 1 heterocycles. The number of nitrogens with one attached hydrogen (secondary N) is 2. The Morgan fingerprint density at radius 2 is 2.25 bits per heavy atom. The van der Waals surface area contributed by atoms with Crippen molar-refractivity contribution < 1.29 is 14.1 Å². The first-order valence-electron chi connectivity index (χ1n) is 6.76. The van der Waals surface area contributed by atoms with Gasteiger partial charge in [-0.1, -0.05) is 0 Å². The summed E-state index contributed by atoms with van der Waals surface area (Å²) in [4.78, 5) is 22.9. The molecule has 0 saturated carbocycles. The van der Waals surface area contributed by atoms with E-state index in [-0.39, 0.29) is 12.2 Å². The van der Waals surface area contributed by atoms with Crippen molar-refractivity contribution in [2.75, 3.05) is 16.8 Å². The smallest absolute Gasteiger partial charge is 0.306 e. The number of aromatic amines is 1. The van der Waals surface area contributed by atoms with Crippen LogP contribution in [0.15, 0.2) is 18.2 Å². The lowest BCUT2D eigenvalue weighted by atomic mass is 10.2. The highest BCUT2D eigenvalue weighted by Crippen LogP contribution is 2.24. The second-order valence-electron chi connectivity index (χ2n) is 4.94. The van der Waals surface area contributed by atoms with E-state index in [4.69, 9.17) is 0 Å². The molecule has 2 N–H and O–H groups in total. The summed E-state index contributed by atoms with van der Waals surface area (Å²) in [7, 11) is 0. The van der Waals surface area contributed by atoms with Crippen molar-refractivity contribution in [3.05, 3.63) is 45.5 Å². The minimum absolute atomic E-state index is 0.0430. The van der Waals surface area contributed by atoms with Crippen molar-refractivity contribution in [1.29, 1.82) is 5.26 Å². The van der Waals surface area contributed by atoms with E-state index >= 15 is 0 Å². The average molecular weight is 332 g/mol. The first-order chi connectivity index (χ1) is 11.3. The number of carbonyl (C=O) groups is 1.